The fourth-order valence-electron chi connectivity index (χ4n) is 0.619. The van der Waals surface area contributed by atoms with Gasteiger partial charge in [0.25, 0.3) is 5.91 Å². The van der Waals surface area contributed by atoms with Gasteiger partial charge in [-0.3, -0.25) is 9.63 Å². The quantitative estimate of drug-likeness (QED) is 0.581. The third-order valence-electron chi connectivity index (χ3n) is 1.04. The number of hydrogen-bond donors (Lipinski definition) is 2. The fraction of sp³-hybridized carbons (Fsp3) is 0.167. The van der Waals surface area contributed by atoms with Crippen LogP contribution in [0, 0.1) is 0 Å². The fourth-order valence-corrected chi connectivity index (χ4v) is 0.619. The lowest BCUT2D eigenvalue weighted by molar-refractivity contribution is 0.0533. The van der Waals surface area contributed by atoms with Crippen molar-refractivity contribution in [2.45, 2.75) is 0 Å². The van der Waals surface area contributed by atoms with E-state index in [-0.39, 0.29) is 5.91 Å². The zero-order valence-electron chi connectivity index (χ0n) is 5.55. The van der Waals surface area contributed by atoms with Crippen LogP contribution in [-0.4, -0.2) is 18.0 Å². The largest absolute Gasteiger partial charge is 0.357 e. The third kappa shape index (κ3) is 1.35. The number of carbonyl (C=O) groups excluding carboxylic acids is 1. The first kappa shape index (κ1) is 6.82. The molecular weight excluding hydrogens is 132 g/mol. The van der Waals surface area contributed by atoms with Crippen molar-refractivity contribution in [3.63, 3.8) is 0 Å². The van der Waals surface area contributed by atoms with E-state index in [9.17, 15) is 4.79 Å². The highest BCUT2D eigenvalue weighted by molar-refractivity contribution is 5.91. The molecule has 0 aliphatic rings. The van der Waals surface area contributed by atoms with Crippen molar-refractivity contribution >= 4 is 5.91 Å². The molecule has 0 saturated carbocycles. The van der Waals surface area contributed by atoms with E-state index in [0.29, 0.717) is 5.69 Å². The molecule has 0 aliphatic carbocycles. The van der Waals surface area contributed by atoms with Gasteiger partial charge in [0.1, 0.15) is 5.69 Å². The van der Waals surface area contributed by atoms with Crippen molar-refractivity contribution in [3.8, 4) is 0 Å². The number of hydrogen-bond acceptors (Lipinski definition) is 2. The normalized spacial score (nSPS) is 9.30. The van der Waals surface area contributed by atoms with Crippen molar-refractivity contribution < 1.29 is 9.63 Å². The summed E-state index contributed by atoms with van der Waals surface area (Å²) >= 11 is 0. The second-order valence-electron chi connectivity index (χ2n) is 1.72. The monoisotopic (exact) mass is 140 g/mol. The molecule has 0 aromatic carbocycles. The Labute approximate surface area is 58.1 Å². The van der Waals surface area contributed by atoms with E-state index in [1.807, 2.05) is 0 Å². The van der Waals surface area contributed by atoms with Gasteiger partial charge >= 0.3 is 0 Å². The minimum atomic E-state index is -0.271. The molecule has 0 radical (unpaired) electrons. The lowest BCUT2D eigenvalue weighted by Crippen LogP contribution is -2.21. The minimum Gasteiger partial charge on any atom is -0.357 e. The number of amides is 1. The zero-order chi connectivity index (χ0) is 7.40. The van der Waals surface area contributed by atoms with E-state index in [2.05, 4.69) is 15.3 Å². The van der Waals surface area contributed by atoms with Crippen LogP contribution in [0.1, 0.15) is 10.5 Å². The number of rotatable bonds is 2. The van der Waals surface area contributed by atoms with Gasteiger partial charge in [0.05, 0.1) is 7.11 Å². The van der Waals surface area contributed by atoms with Gasteiger partial charge in [0, 0.05) is 6.20 Å². The van der Waals surface area contributed by atoms with Crippen LogP contribution in [0.2, 0.25) is 0 Å². The second-order valence-corrected chi connectivity index (χ2v) is 1.72. The summed E-state index contributed by atoms with van der Waals surface area (Å²) in [6.45, 7) is 0. The molecule has 0 fully saturated rings. The zero-order valence-corrected chi connectivity index (χ0v) is 5.55. The van der Waals surface area contributed by atoms with Gasteiger partial charge in [-0.25, -0.2) is 5.48 Å². The van der Waals surface area contributed by atoms with Crippen LogP contribution in [0.25, 0.3) is 0 Å². The van der Waals surface area contributed by atoms with Crippen LogP contribution in [0.5, 0.6) is 0 Å². The first-order valence-corrected chi connectivity index (χ1v) is 2.81. The van der Waals surface area contributed by atoms with Gasteiger partial charge in [-0.2, -0.15) is 0 Å². The Kier molecular flexibility index (Phi) is 2.07. The lowest BCUT2D eigenvalue weighted by atomic mass is 10.4. The standard InChI is InChI=1S/C6H8N2O2/c1-10-8-6(9)5-3-2-4-7-5/h2-4,7H,1H3,(H,8,9). The first-order valence-electron chi connectivity index (χ1n) is 2.81. The summed E-state index contributed by atoms with van der Waals surface area (Å²) in [7, 11) is 1.39. The number of hydroxylamine groups is 1. The Morgan fingerprint density at radius 3 is 3.10 bits per heavy atom. The molecule has 10 heavy (non-hydrogen) atoms. The maximum absolute atomic E-state index is 10.8. The Morgan fingerprint density at radius 2 is 2.60 bits per heavy atom. The van der Waals surface area contributed by atoms with E-state index in [4.69, 9.17) is 0 Å². The maximum Gasteiger partial charge on any atom is 0.291 e. The highest BCUT2D eigenvalue weighted by Gasteiger charge is 2.02. The van der Waals surface area contributed by atoms with E-state index in [0.717, 1.165) is 0 Å². The molecule has 0 atom stereocenters. The van der Waals surface area contributed by atoms with Crippen LogP contribution in [0.3, 0.4) is 0 Å². The molecule has 0 spiro atoms. The highest BCUT2D eigenvalue weighted by atomic mass is 16.6. The molecule has 1 rings (SSSR count). The second kappa shape index (κ2) is 3.03. The molecular formula is C6H8N2O2. The Bertz CT molecular complexity index is 206. The molecule has 4 nitrogen and oxygen atoms in total. The van der Waals surface area contributed by atoms with Gasteiger partial charge < -0.3 is 4.98 Å². The molecule has 0 saturated heterocycles. The molecule has 4 heteroatoms. The summed E-state index contributed by atoms with van der Waals surface area (Å²) in [6.07, 6.45) is 1.67. The summed E-state index contributed by atoms with van der Waals surface area (Å²) in [5, 5.41) is 0. The van der Waals surface area contributed by atoms with Crippen molar-refractivity contribution in [3.05, 3.63) is 24.0 Å². The summed E-state index contributed by atoms with van der Waals surface area (Å²) in [5.41, 5.74) is 2.67. The topological polar surface area (TPSA) is 54.1 Å². The minimum absolute atomic E-state index is 0.271. The molecule has 0 aliphatic heterocycles. The SMILES string of the molecule is CONC(=O)c1ccc[nH]1. The van der Waals surface area contributed by atoms with Crippen LogP contribution in [-0.2, 0) is 4.84 Å². The Balaban J connectivity index is 2.59. The molecule has 54 valence electrons. The number of carbonyl (C=O) groups is 1. The summed E-state index contributed by atoms with van der Waals surface area (Å²) in [4.78, 5) is 18.0. The van der Waals surface area contributed by atoms with E-state index in [1.165, 1.54) is 7.11 Å². The van der Waals surface area contributed by atoms with Gasteiger partial charge in [-0.05, 0) is 12.1 Å². The van der Waals surface area contributed by atoms with E-state index in [1.54, 1.807) is 18.3 Å². The van der Waals surface area contributed by atoms with E-state index >= 15 is 0 Å². The van der Waals surface area contributed by atoms with Gasteiger partial charge in [0.2, 0.25) is 0 Å². The lowest BCUT2D eigenvalue weighted by Gasteiger charge is -1.96. The maximum atomic E-state index is 10.8. The third-order valence-corrected chi connectivity index (χ3v) is 1.04. The van der Waals surface area contributed by atoms with Gasteiger partial charge in [0.15, 0.2) is 0 Å². The number of aromatic amines is 1. The van der Waals surface area contributed by atoms with Crippen molar-refractivity contribution in [1.29, 1.82) is 0 Å². The van der Waals surface area contributed by atoms with Crippen LogP contribution < -0.4 is 5.48 Å². The Hall–Kier alpha value is -1.29. The van der Waals surface area contributed by atoms with Crippen molar-refractivity contribution in [2.24, 2.45) is 0 Å². The van der Waals surface area contributed by atoms with E-state index < -0.39 is 0 Å². The average Bonchev–Trinajstić information content (AvgIpc) is 2.38. The number of aromatic nitrogens is 1. The predicted octanol–water partition coefficient (Wildman–Crippen LogP) is 0.306. The number of H-pyrrole nitrogens is 1. The van der Waals surface area contributed by atoms with Gasteiger partial charge in [-0.1, -0.05) is 0 Å². The summed E-state index contributed by atoms with van der Waals surface area (Å²) in [5.74, 6) is -0.271. The predicted molar refractivity (Wildman–Crippen MR) is 35.3 cm³/mol. The highest BCUT2D eigenvalue weighted by Crippen LogP contribution is 1.92. The molecule has 1 aromatic heterocycles. The molecule has 1 aromatic rings. The summed E-state index contributed by atoms with van der Waals surface area (Å²) in [6, 6.07) is 3.40. The summed E-state index contributed by atoms with van der Waals surface area (Å²) < 4.78 is 0. The van der Waals surface area contributed by atoms with Crippen LogP contribution >= 0.6 is 0 Å². The van der Waals surface area contributed by atoms with Gasteiger partial charge in [-0.15, -0.1) is 0 Å². The molecule has 2 N–H and O–H groups in total. The Morgan fingerprint density at radius 1 is 1.80 bits per heavy atom. The van der Waals surface area contributed by atoms with Crippen molar-refractivity contribution in [1.82, 2.24) is 10.5 Å². The molecule has 0 bridgehead atoms. The van der Waals surface area contributed by atoms with Crippen LogP contribution in [0.15, 0.2) is 18.3 Å². The van der Waals surface area contributed by atoms with Crippen LogP contribution in [0.4, 0.5) is 0 Å². The molecule has 1 amide bonds. The molecule has 1 heterocycles. The molecule has 0 unspecified atom stereocenters. The smallest absolute Gasteiger partial charge is 0.291 e. The number of nitrogens with one attached hydrogen (secondary N) is 2. The average molecular weight is 140 g/mol. The first-order chi connectivity index (χ1) is 4.84. The van der Waals surface area contributed by atoms with Crippen molar-refractivity contribution in [2.75, 3.05) is 7.11 Å².